The molecule has 0 aliphatic heterocycles. The van der Waals surface area contributed by atoms with Crippen molar-refractivity contribution in [1.82, 2.24) is 0 Å². The van der Waals surface area contributed by atoms with Crippen LogP contribution in [0.15, 0.2) is 0 Å². The summed E-state index contributed by atoms with van der Waals surface area (Å²) in [6.45, 7) is 2.16. The average molecular weight is 178 g/mol. The molecule has 0 N–H and O–H groups in total. The van der Waals surface area contributed by atoms with Gasteiger partial charge in [0.15, 0.2) is 0 Å². The number of ketones is 1. The molecular weight excluding hydrogens is 160 g/mol. The predicted molar refractivity (Wildman–Crippen MR) is 54.3 cm³/mol. The summed E-state index contributed by atoms with van der Waals surface area (Å²) in [6, 6.07) is 0. The largest absolute Gasteiger partial charge is 0.299 e. The van der Waals surface area contributed by atoms with Crippen LogP contribution in [-0.4, -0.2) is 5.78 Å². The molecule has 1 aliphatic carbocycles. The van der Waals surface area contributed by atoms with E-state index in [2.05, 4.69) is 18.8 Å². The summed E-state index contributed by atoms with van der Waals surface area (Å²) in [4.78, 5) is 11.2. The molecule has 0 aromatic heterocycles. The predicted octanol–water partition coefficient (Wildman–Crippen LogP) is 2.94. The fraction of sp³-hybridized carbons (Fsp3) is 0.750. The fourth-order valence-electron chi connectivity index (χ4n) is 1.24. The zero-order chi connectivity index (χ0) is 9.52. The van der Waals surface area contributed by atoms with Crippen molar-refractivity contribution in [2.45, 2.75) is 51.9 Å². The van der Waals surface area contributed by atoms with Crippen molar-refractivity contribution in [3.8, 4) is 11.8 Å². The van der Waals surface area contributed by atoms with Crippen molar-refractivity contribution in [3.05, 3.63) is 0 Å². The lowest BCUT2D eigenvalue weighted by atomic mass is 10.1. The number of carbonyl (C=O) groups excluding carboxylic acids is 1. The Bertz CT molecular complexity index is 215. The molecule has 1 saturated carbocycles. The minimum atomic E-state index is 0.414. The standard InChI is InChI=1S/C12H18O/c1-2-3-4-5-6-7-8-12(13)11-9-10-11/h11H,2-4,7-10H2,1H3. The molecule has 1 fully saturated rings. The van der Waals surface area contributed by atoms with Gasteiger partial charge in [0.05, 0.1) is 0 Å². The quantitative estimate of drug-likeness (QED) is 0.467. The van der Waals surface area contributed by atoms with Gasteiger partial charge in [-0.15, -0.1) is 11.8 Å². The Morgan fingerprint density at radius 1 is 1.31 bits per heavy atom. The number of rotatable bonds is 5. The van der Waals surface area contributed by atoms with Crippen molar-refractivity contribution in [1.29, 1.82) is 0 Å². The minimum absolute atomic E-state index is 0.414. The second-order valence-corrected chi connectivity index (χ2v) is 3.70. The summed E-state index contributed by atoms with van der Waals surface area (Å²) in [6.07, 6.45) is 7.10. The van der Waals surface area contributed by atoms with Gasteiger partial charge in [0.2, 0.25) is 0 Å². The van der Waals surface area contributed by atoms with E-state index in [9.17, 15) is 4.79 Å². The van der Waals surface area contributed by atoms with Crippen molar-refractivity contribution in [2.75, 3.05) is 0 Å². The van der Waals surface area contributed by atoms with Gasteiger partial charge in [-0.1, -0.05) is 13.3 Å². The topological polar surface area (TPSA) is 17.1 Å². The maximum Gasteiger partial charge on any atom is 0.136 e. The van der Waals surface area contributed by atoms with Crippen LogP contribution in [0.25, 0.3) is 0 Å². The van der Waals surface area contributed by atoms with E-state index in [1.54, 1.807) is 0 Å². The highest BCUT2D eigenvalue weighted by Gasteiger charge is 2.28. The molecule has 72 valence electrons. The first-order valence-corrected chi connectivity index (χ1v) is 5.33. The average Bonchev–Trinajstić information content (AvgIpc) is 2.93. The Labute approximate surface area is 80.9 Å². The third-order valence-electron chi connectivity index (χ3n) is 2.31. The molecule has 0 heterocycles. The summed E-state index contributed by atoms with van der Waals surface area (Å²) in [5, 5.41) is 0. The van der Waals surface area contributed by atoms with Crippen LogP contribution in [0.1, 0.15) is 51.9 Å². The van der Waals surface area contributed by atoms with Gasteiger partial charge in [0.1, 0.15) is 5.78 Å². The molecule has 13 heavy (non-hydrogen) atoms. The molecular formula is C12H18O. The van der Waals surface area contributed by atoms with Crippen molar-refractivity contribution >= 4 is 5.78 Å². The smallest absolute Gasteiger partial charge is 0.136 e. The van der Waals surface area contributed by atoms with Crippen LogP contribution in [0.4, 0.5) is 0 Å². The first-order chi connectivity index (χ1) is 6.34. The summed E-state index contributed by atoms with van der Waals surface area (Å²) in [5.41, 5.74) is 0. The van der Waals surface area contributed by atoms with E-state index in [0.717, 1.165) is 25.7 Å². The lowest BCUT2D eigenvalue weighted by Crippen LogP contribution is -1.98. The van der Waals surface area contributed by atoms with Gasteiger partial charge in [-0.2, -0.15) is 0 Å². The highest BCUT2D eigenvalue weighted by Crippen LogP contribution is 2.31. The minimum Gasteiger partial charge on any atom is -0.299 e. The molecule has 1 nitrogen and oxygen atoms in total. The van der Waals surface area contributed by atoms with E-state index in [-0.39, 0.29) is 0 Å². The Morgan fingerprint density at radius 2 is 2.00 bits per heavy atom. The Kier molecular flexibility index (Phi) is 4.60. The molecule has 0 aromatic carbocycles. The van der Waals surface area contributed by atoms with Crippen molar-refractivity contribution in [3.63, 3.8) is 0 Å². The second kappa shape index (κ2) is 5.80. The highest BCUT2D eigenvalue weighted by atomic mass is 16.1. The van der Waals surface area contributed by atoms with Gasteiger partial charge >= 0.3 is 0 Å². The van der Waals surface area contributed by atoms with Gasteiger partial charge in [-0.3, -0.25) is 4.79 Å². The number of hydrogen-bond acceptors (Lipinski definition) is 1. The van der Waals surface area contributed by atoms with Crippen molar-refractivity contribution in [2.24, 2.45) is 5.92 Å². The zero-order valence-electron chi connectivity index (χ0n) is 8.44. The van der Waals surface area contributed by atoms with Crippen LogP contribution in [0, 0.1) is 17.8 Å². The highest BCUT2D eigenvalue weighted by molar-refractivity contribution is 5.83. The lowest BCUT2D eigenvalue weighted by Gasteiger charge is -1.91. The van der Waals surface area contributed by atoms with Gasteiger partial charge in [-0.05, 0) is 19.3 Å². The molecule has 0 unspecified atom stereocenters. The molecule has 0 atom stereocenters. The Hall–Kier alpha value is -0.770. The summed E-state index contributed by atoms with van der Waals surface area (Å²) < 4.78 is 0. The van der Waals surface area contributed by atoms with Gasteiger partial charge in [0.25, 0.3) is 0 Å². The van der Waals surface area contributed by atoms with E-state index in [4.69, 9.17) is 0 Å². The molecule has 0 aromatic rings. The third kappa shape index (κ3) is 4.72. The molecule has 1 heteroatoms. The summed E-state index contributed by atoms with van der Waals surface area (Å²) >= 11 is 0. The van der Waals surface area contributed by atoms with Crippen LogP contribution in [-0.2, 0) is 4.79 Å². The molecule has 0 bridgehead atoms. The Morgan fingerprint density at radius 3 is 2.62 bits per heavy atom. The molecule has 1 rings (SSSR count). The van der Waals surface area contributed by atoms with Gasteiger partial charge < -0.3 is 0 Å². The maximum absolute atomic E-state index is 11.2. The second-order valence-electron chi connectivity index (χ2n) is 3.70. The molecule has 0 radical (unpaired) electrons. The van der Waals surface area contributed by atoms with E-state index < -0.39 is 0 Å². The van der Waals surface area contributed by atoms with Crippen molar-refractivity contribution < 1.29 is 4.79 Å². The van der Waals surface area contributed by atoms with E-state index in [1.807, 2.05) is 0 Å². The molecule has 0 spiro atoms. The van der Waals surface area contributed by atoms with Gasteiger partial charge in [0, 0.05) is 25.2 Å². The number of unbranched alkanes of at least 4 members (excludes halogenated alkanes) is 2. The van der Waals surface area contributed by atoms with Crippen LogP contribution in [0.2, 0.25) is 0 Å². The lowest BCUT2D eigenvalue weighted by molar-refractivity contribution is -0.120. The number of hydrogen-bond donors (Lipinski definition) is 0. The van der Waals surface area contributed by atoms with E-state index in [1.165, 1.54) is 12.8 Å². The number of carbonyl (C=O) groups is 1. The van der Waals surface area contributed by atoms with E-state index >= 15 is 0 Å². The SMILES string of the molecule is CCCCC#CCCC(=O)C1CC1. The fourth-order valence-corrected chi connectivity index (χ4v) is 1.24. The molecule has 0 saturated heterocycles. The monoisotopic (exact) mass is 178 g/mol. The number of Topliss-reactive ketones (excluding diaryl/α,β-unsaturated/α-hetero) is 1. The maximum atomic E-state index is 11.2. The van der Waals surface area contributed by atoms with E-state index in [0.29, 0.717) is 18.1 Å². The van der Waals surface area contributed by atoms with Crippen LogP contribution >= 0.6 is 0 Å². The summed E-state index contributed by atoms with van der Waals surface area (Å²) in [5.74, 6) is 7.01. The van der Waals surface area contributed by atoms with Gasteiger partial charge in [-0.25, -0.2) is 0 Å². The Balaban J connectivity index is 1.97. The first kappa shape index (κ1) is 10.3. The zero-order valence-corrected chi connectivity index (χ0v) is 8.44. The first-order valence-electron chi connectivity index (χ1n) is 5.33. The molecule has 0 amide bonds. The summed E-state index contributed by atoms with van der Waals surface area (Å²) in [7, 11) is 0. The van der Waals surface area contributed by atoms with Crippen LogP contribution < -0.4 is 0 Å². The third-order valence-corrected chi connectivity index (χ3v) is 2.31. The van der Waals surface area contributed by atoms with Crippen LogP contribution in [0.3, 0.4) is 0 Å². The van der Waals surface area contributed by atoms with Crippen LogP contribution in [0.5, 0.6) is 0 Å². The molecule has 1 aliphatic rings. The normalized spacial score (nSPS) is 14.8.